The van der Waals surface area contributed by atoms with Crippen LogP contribution >= 0.6 is 0 Å². The van der Waals surface area contributed by atoms with Gasteiger partial charge in [-0.1, -0.05) is 18.2 Å². The molecule has 4 rings (SSSR count). The largest absolute Gasteiger partial charge is 0.493 e. The number of carbonyl (C=O) groups excluding carboxylic acids is 1. The Morgan fingerprint density at radius 1 is 1.33 bits per heavy atom. The number of rotatable bonds is 5. The van der Waals surface area contributed by atoms with Crippen LogP contribution in [0.1, 0.15) is 24.8 Å². The summed E-state index contributed by atoms with van der Waals surface area (Å²) in [5, 5.41) is 13.3. The minimum Gasteiger partial charge on any atom is -0.493 e. The maximum Gasteiger partial charge on any atom is 0.317 e. The molecule has 1 heterocycles. The fourth-order valence-corrected chi connectivity index (χ4v) is 4.92. The fraction of sp³-hybridized carbons (Fsp3) is 0.632. The summed E-state index contributed by atoms with van der Waals surface area (Å²) in [6.45, 7) is 4.03. The van der Waals surface area contributed by atoms with Crippen molar-refractivity contribution in [3.63, 3.8) is 0 Å². The topological polar surface area (TPSA) is 61.8 Å². The van der Waals surface area contributed by atoms with E-state index in [4.69, 9.17) is 4.74 Å². The van der Waals surface area contributed by atoms with Crippen LogP contribution in [0.4, 0.5) is 4.79 Å². The molecule has 5 atom stereocenters. The van der Waals surface area contributed by atoms with E-state index in [9.17, 15) is 9.90 Å². The van der Waals surface area contributed by atoms with Crippen molar-refractivity contribution in [3.05, 3.63) is 29.8 Å². The van der Waals surface area contributed by atoms with E-state index in [1.807, 2.05) is 36.1 Å². The number of benzene rings is 1. The zero-order valence-corrected chi connectivity index (χ0v) is 14.1. The molecule has 0 unspecified atom stereocenters. The van der Waals surface area contributed by atoms with Gasteiger partial charge in [-0.25, -0.2) is 4.79 Å². The summed E-state index contributed by atoms with van der Waals surface area (Å²) in [6.07, 6.45) is 2.65. The average molecular weight is 330 g/mol. The molecule has 5 nitrogen and oxygen atoms in total. The third-order valence-electron chi connectivity index (χ3n) is 6.06. The highest BCUT2D eigenvalue weighted by Gasteiger charge is 2.59. The van der Waals surface area contributed by atoms with E-state index < -0.39 is 0 Å². The van der Waals surface area contributed by atoms with Crippen LogP contribution in [0.15, 0.2) is 24.3 Å². The monoisotopic (exact) mass is 330 g/mol. The Kier molecular flexibility index (Phi) is 4.12. The Balaban J connectivity index is 1.21. The highest BCUT2D eigenvalue weighted by atomic mass is 16.5. The molecule has 0 aromatic heterocycles. The van der Waals surface area contributed by atoms with Gasteiger partial charge in [-0.05, 0) is 55.6 Å². The molecule has 2 saturated carbocycles. The van der Waals surface area contributed by atoms with Crippen molar-refractivity contribution in [3.8, 4) is 5.75 Å². The number of hydrogen-bond donors (Lipinski definition) is 2. The molecule has 3 fully saturated rings. The van der Waals surface area contributed by atoms with Gasteiger partial charge in [0.15, 0.2) is 0 Å². The molecular weight excluding hydrogens is 304 g/mol. The van der Waals surface area contributed by atoms with Gasteiger partial charge in [0.1, 0.15) is 5.75 Å². The Labute approximate surface area is 143 Å². The summed E-state index contributed by atoms with van der Waals surface area (Å²) < 4.78 is 5.75. The molecule has 0 radical (unpaired) electrons. The maximum absolute atomic E-state index is 12.4. The predicted molar refractivity (Wildman–Crippen MR) is 90.9 cm³/mol. The molecule has 24 heavy (non-hydrogen) atoms. The molecule has 2 bridgehead atoms. The molecule has 1 aliphatic heterocycles. The smallest absolute Gasteiger partial charge is 0.317 e. The van der Waals surface area contributed by atoms with Crippen LogP contribution in [0.5, 0.6) is 5.75 Å². The number of amides is 2. The van der Waals surface area contributed by atoms with Crippen LogP contribution in [-0.4, -0.2) is 47.9 Å². The Bertz CT molecular complexity index is 618. The molecule has 3 aliphatic rings. The van der Waals surface area contributed by atoms with Crippen molar-refractivity contribution in [2.45, 2.75) is 38.3 Å². The third kappa shape index (κ3) is 2.65. The van der Waals surface area contributed by atoms with Crippen molar-refractivity contribution >= 4 is 6.03 Å². The van der Waals surface area contributed by atoms with E-state index >= 15 is 0 Å². The lowest BCUT2D eigenvalue weighted by molar-refractivity contribution is 0.0609. The van der Waals surface area contributed by atoms with Crippen LogP contribution in [0, 0.1) is 24.7 Å². The van der Waals surface area contributed by atoms with Gasteiger partial charge in [-0.3, -0.25) is 0 Å². The lowest BCUT2D eigenvalue weighted by Gasteiger charge is -2.28. The Morgan fingerprint density at radius 2 is 2.17 bits per heavy atom. The summed E-state index contributed by atoms with van der Waals surface area (Å²) in [4.78, 5) is 14.3. The second kappa shape index (κ2) is 6.28. The summed E-state index contributed by atoms with van der Waals surface area (Å²) in [6, 6.07) is 7.98. The molecule has 130 valence electrons. The number of para-hydroxylation sites is 1. The van der Waals surface area contributed by atoms with Gasteiger partial charge in [0.2, 0.25) is 0 Å². The molecular formula is C19H26N2O3. The van der Waals surface area contributed by atoms with Crippen molar-refractivity contribution in [2.24, 2.45) is 17.8 Å². The van der Waals surface area contributed by atoms with Crippen LogP contribution < -0.4 is 10.1 Å². The highest BCUT2D eigenvalue weighted by Crippen LogP contribution is 2.54. The predicted octanol–water partition coefficient (Wildman–Crippen LogP) is 2.17. The summed E-state index contributed by atoms with van der Waals surface area (Å²) in [5.74, 6) is 2.46. The van der Waals surface area contributed by atoms with Crippen LogP contribution in [0.25, 0.3) is 0 Å². The Morgan fingerprint density at radius 3 is 2.96 bits per heavy atom. The summed E-state index contributed by atoms with van der Waals surface area (Å²) in [5.41, 5.74) is 1.12. The number of hydrogen-bond acceptors (Lipinski definition) is 3. The first-order chi connectivity index (χ1) is 11.6. The molecule has 5 heteroatoms. The van der Waals surface area contributed by atoms with Crippen LogP contribution in [-0.2, 0) is 0 Å². The number of aliphatic hydroxyl groups excluding tert-OH is 1. The Hall–Kier alpha value is -1.75. The zero-order chi connectivity index (χ0) is 16.7. The zero-order valence-electron chi connectivity index (χ0n) is 14.1. The van der Waals surface area contributed by atoms with E-state index in [1.165, 1.54) is 0 Å². The number of urea groups is 1. The molecule has 1 saturated heterocycles. The first kappa shape index (κ1) is 15.8. The van der Waals surface area contributed by atoms with Gasteiger partial charge in [-0.15, -0.1) is 0 Å². The van der Waals surface area contributed by atoms with E-state index in [0.29, 0.717) is 30.9 Å². The second-order valence-corrected chi connectivity index (χ2v) is 7.49. The first-order valence-corrected chi connectivity index (χ1v) is 9.06. The summed E-state index contributed by atoms with van der Waals surface area (Å²) >= 11 is 0. The number of fused-ring (bicyclic) bond motifs is 1. The molecule has 2 aliphatic carbocycles. The molecule has 1 aromatic rings. The van der Waals surface area contributed by atoms with Crippen molar-refractivity contribution in [1.29, 1.82) is 0 Å². The first-order valence-electron chi connectivity index (χ1n) is 9.06. The van der Waals surface area contributed by atoms with Crippen molar-refractivity contribution in [1.82, 2.24) is 10.2 Å². The van der Waals surface area contributed by atoms with Gasteiger partial charge in [0.05, 0.1) is 18.8 Å². The highest BCUT2D eigenvalue weighted by molar-refractivity contribution is 5.75. The summed E-state index contributed by atoms with van der Waals surface area (Å²) in [7, 11) is 0. The number of ether oxygens (including phenoxy) is 1. The number of aryl methyl sites for hydroxylation is 1. The maximum atomic E-state index is 12.4. The quantitative estimate of drug-likeness (QED) is 0.814. The average Bonchev–Trinajstić information content (AvgIpc) is 3.18. The SMILES string of the molecule is Cc1ccccc1OCCCNC(=O)N1C[C@@H]2C[C@H]3C[C@H]2[C@@H]1[C@H]3O. The van der Waals surface area contributed by atoms with Gasteiger partial charge in [0, 0.05) is 13.1 Å². The van der Waals surface area contributed by atoms with Gasteiger partial charge in [-0.2, -0.15) is 0 Å². The van der Waals surface area contributed by atoms with E-state index in [-0.39, 0.29) is 18.2 Å². The number of carbonyl (C=O) groups is 1. The van der Waals surface area contributed by atoms with Gasteiger partial charge < -0.3 is 20.1 Å². The van der Waals surface area contributed by atoms with Crippen LogP contribution in [0.3, 0.4) is 0 Å². The number of likely N-dealkylation sites (tertiary alicyclic amines) is 1. The second-order valence-electron chi connectivity index (χ2n) is 7.49. The molecule has 0 spiro atoms. The minimum atomic E-state index is -0.316. The third-order valence-corrected chi connectivity index (χ3v) is 6.06. The van der Waals surface area contributed by atoms with E-state index in [2.05, 4.69) is 5.32 Å². The normalized spacial score (nSPS) is 33.1. The molecule has 2 amide bonds. The van der Waals surface area contributed by atoms with E-state index in [1.54, 1.807) is 0 Å². The van der Waals surface area contributed by atoms with Crippen molar-refractivity contribution in [2.75, 3.05) is 19.7 Å². The number of nitrogens with one attached hydrogen (secondary N) is 1. The van der Waals surface area contributed by atoms with Gasteiger partial charge in [0.25, 0.3) is 0 Å². The molecule has 1 aromatic carbocycles. The van der Waals surface area contributed by atoms with Gasteiger partial charge >= 0.3 is 6.03 Å². The number of aliphatic hydroxyl groups is 1. The lowest BCUT2D eigenvalue weighted by Crippen LogP contribution is -2.48. The molecule has 2 N–H and O–H groups in total. The van der Waals surface area contributed by atoms with E-state index in [0.717, 1.165) is 37.1 Å². The number of nitrogens with zero attached hydrogens (tertiary/aromatic N) is 1. The van der Waals surface area contributed by atoms with Crippen molar-refractivity contribution < 1.29 is 14.6 Å². The minimum absolute atomic E-state index is 0.0232. The van der Waals surface area contributed by atoms with Crippen LogP contribution in [0.2, 0.25) is 0 Å². The lowest BCUT2D eigenvalue weighted by atomic mass is 9.88. The standard InChI is InChI=1S/C19H26N2O3/c1-12-5-2-3-6-16(12)24-8-4-7-20-19(23)21-11-14-9-13-10-15(14)17(21)18(13)22/h2-3,5-6,13-15,17-18,22H,4,7-11H2,1H3,(H,20,23)/t13-,14-,15+,17+,18-/m0/s1. The fourth-order valence-electron chi connectivity index (χ4n) is 4.92.